The van der Waals surface area contributed by atoms with Crippen LogP contribution in [0, 0.1) is 10.1 Å². The molecule has 0 unspecified atom stereocenters. The highest BCUT2D eigenvalue weighted by Gasteiger charge is 2.42. The summed E-state index contributed by atoms with van der Waals surface area (Å²) < 4.78 is 5.44. The van der Waals surface area contributed by atoms with E-state index in [4.69, 9.17) is 4.74 Å². The SMILES string of the molecule is O=C1N=C2N(CC[NH+]3CCOCC3)c3ccccc3N2C1=Cc1ccc([N+](=O)[O-])s1. The lowest BCUT2D eigenvalue weighted by Crippen LogP contribution is -3.14. The first-order valence-electron chi connectivity index (χ1n) is 9.79. The molecule has 0 bridgehead atoms. The van der Waals surface area contributed by atoms with Gasteiger partial charge in [0.2, 0.25) is 5.96 Å². The molecule has 3 aliphatic heterocycles. The van der Waals surface area contributed by atoms with E-state index in [1.807, 2.05) is 29.2 Å². The lowest BCUT2D eigenvalue weighted by Gasteiger charge is -2.26. The van der Waals surface area contributed by atoms with Crippen molar-refractivity contribution in [2.75, 3.05) is 49.2 Å². The van der Waals surface area contributed by atoms with Crippen molar-refractivity contribution in [3.05, 3.63) is 57.1 Å². The number of carbonyl (C=O) groups excluding carboxylic acids is 1. The lowest BCUT2D eigenvalue weighted by molar-refractivity contribution is -0.906. The highest BCUT2D eigenvalue weighted by Crippen LogP contribution is 2.42. The van der Waals surface area contributed by atoms with Gasteiger partial charge < -0.3 is 14.5 Å². The summed E-state index contributed by atoms with van der Waals surface area (Å²) >= 11 is 1.04. The van der Waals surface area contributed by atoms with Crippen molar-refractivity contribution in [1.82, 2.24) is 0 Å². The van der Waals surface area contributed by atoms with Gasteiger partial charge in [-0.05, 0) is 24.3 Å². The number of nitrogens with zero attached hydrogens (tertiary/aromatic N) is 4. The van der Waals surface area contributed by atoms with E-state index in [0.29, 0.717) is 16.5 Å². The van der Waals surface area contributed by atoms with E-state index in [9.17, 15) is 14.9 Å². The summed E-state index contributed by atoms with van der Waals surface area (Å²) in [5.41, 5.74) is 2.33. The van der Waals surface area contributed by atoms with Gasteiger partial charge in [-0.2, -0.15) is 4.99 Å². The molecule has 30 heavy (non-hydrogen) atoms. The molecule has 2 aromatic rings. The van der Waals surface area contributed by atoms with Gasteiger partial charge in [0.15, 0.2) is 0 Å². The second kappa shape index (κ2) is 7.63. The van der Waals surface area contributed by atoms with Crippen LogP contribution in [0.3, 0.4) is 0 Å². The number of morpholine rings is 1. The Labute approximate surface area is 176 Å². The van der Waals surface area contributed by atoms with Gasteiger partial charge in [-0.1, -0.05) is 23.5 Å². The van der Waals surface area contributed by atoms with Crippen molar-refractivity contribution < 1.29 is 19.4 Å². The molecule has 1 N–H and O–H groups in total. The summed E-state index contributed by atoms with van der Waals surface area (Å²) in [6.07, 6.45) is 1.68. The van der Waals surface area contributed by atoms with Crippen LogP contribution in [0.25, 0.3) is 6.08 Å². The average molecular weight is 426 g/mol. The number of nitrogens with one attached hydrogen (secondary N) is 1. The van der Waals surface area contributed by atoms with Crippen LogP contribution in [0.4, 0.5) is 16.4 Å². The number of ether oxygens (including phenoxy) is 1. The molecule has 5 rings (SSSR count). The Morgan fingerprint density at radius 3 is 2.70 bits per heavy atom. The van der Waals surface area contributed by atoms with Crippen molar-refractivity contribution in [3.63, 3.8) is 0 Å². The summed E-state index contributed by atoms with van der Waals surface area (Å²) in [5.74, 6) is 0.269. The maximum atomic E-state index is 12.7. The molecular weight excluding hydrogens is 406 g/mol. The molecule has 9 nitrogen and oxygen atoms in total. The van der Waals surface area contributed by atoms with E-state index in [1.54, 1.807) is 12.1 Å². The van der Waals surface area contributed by atoms with Gasteiger partial charge in [0, 0.05) is 10.9 Å². The monoisotopic (exact) mass is 426 g/mol. The Morgan fingerprint density at radius 2 is 1.97 bits per heavy atom. The summed E-state index contributed by atoms with van der Waals surface area (Å²) in [5, 5.41) is 11.0. The summed E-state index contributed by atoms with van der Waals surface area (Å²) in [6.45, 7) is 5.18. The molecule has 0 atom stereocenters. The molecule has 0 spiro atoms. The molecular formula is C20H20N5O4S+. The third-order valence-electron chi connectivity index (χ3n) is 5.48. The summed E-state index contributed by atoms with van der Waals surface area (Å²) in [6, 6.07) is 11.0. The van der Waals surface area contributed by atoms with Gasteiger partial charge in [-0.15, -0.1) is 0 Å². The Kier molecular flexibility index (Phi) is 4.81. The predicted octanol–water partition coefficient (Wildman–Crippen LogP) is 1.14. The minimum atomic E-state index is -0.425. The second-order valence-electron chi connectivity index (χ2n) is 7.27. The van der Waals surface area contributed by atoms with Gasteiger partial charge in [0.1, 0.15) is 18.8 Å². The Morgan fingerprint density at radius 1 is 1.20 bits per heavy atom. The molecule has 1 aromatic carbocycles. The van der Waals surface area contributed by atoms with Crippen molar-refractivity contribution >= 4 is 45.7 Å². The van der Waals surface area contributed by atoms with Gasteiger partial charge >= 0.3 is 5.00 Å². The van der Waals surface area contributed by atoms with E-state index >= 15 is 0 Å². The number of guanidine groups is 1. The molecule has 1 aromatic heterocycles. The number of fused-ring (bicyclic) bond motifs is 3. The predicted molar refractivity (Wildman–Crippen MR) is 114 cm³/mol. The molecule has 0 saturated carbocycles. The maximum Gasteiger partial charge on any atom is 0.324 e. The Balaban J connectivity index is 1.45. The zero-order chi connectivity index (χ0) is 20.7. The topological polar surface area (TPSA) is 92.7 Å². The maximum absolute atomic E-state index is 12.7. The normalized spacial score (nSPS) is 19.9. The minimum absolute atomic E-state index is 0.0466. The van der Waals surface area contributed by atoms with Crippen LogP contribution in [0.2, 0.25) is 0 Å². The van der Waals surface area contributed by atoms with Crippen molar-refractivity contribution in [1.29, 1.82) is 0 Å². The largest absolute Gasteiger partial charge is 0.370 e. The fraction of sp³-hybridized carbons (Fsp3) is 0.300. The summed E-state index contributed by atoms with van der Waals surface area (Å²) in [7, 11) is 0. The number of aliphatic imine (C=N–C) groups is 1. The van der Waals surface area contributed by atoms with Crippen molar-refractivity contribution in [2.24, 2.45) is 4.99 Å². The smallest absolute Gasteiger partial charge is 0.324 e. The third kappa shape index (κ3) is 3.28. The molecule has 1 saturated heterocycles. The Hall–Kier alpha value is -3.08. The molecule has 1 amide bonds. The van der Waals surface area contributed by atoms with Gasteiger partial charge in [0.05, 0.1) is 42.6 Å². The summed E-state index contributed by atoms with van der Waals surface area (Å²) in [4.78, 5) is 33.7. The van der Waals surface area contributed by atoms with E-state index < -0.39 is 4.92 Å². The highest BCUT2D eigenvalue weighted by molar-refractivity contribution is 7.16. The van der Waals surface area contributed by atoms with Gasteiger partial charge in [-0.25, -0.2) is 0 Å². The second-order valence-corrected chi connectivity index (χ2v) is 8.36. The van der Waals surface area contributed by atoms with Gasteiger partial charge in [0.25, 0.3) is 5.91 Å². The van der Waals surface area contributed by atoms with Crippen LogP contribution in [0.5, 0.6) is 0 Å². The Bertz CT molecular complexity index is 1070. The average Bonchev–Trinajstić information content (AvgIpc) is 3.42. The third-order valence-corrected chi connectivity index (χ3v) is 6.46. The first kappa shape index (κ1) is 18.9. The van der Waals surface area contributed by atoms with Crippen molar-refractivity contribution in [3.8, 4) is 0 Å². The standard InChI is InChI=1S/C20H19N5O4S/c26-19-17(13-14-5-6-18(30-14)25(27)28)24-16-4-2-1-3-15(16)23(20(24)21-19)8-7-22-9-11-29-12-10-22/h1-6,13H,7-12H2/p+1. The number of benzene rings is 1. The van der Waals surface area contributed by atoms with Gasteiger partial charge in [-0.3, -0.25) is 19.8 Å². The van der Waals surface area contributed by atoms with E-state index in [1.165, 1.54) is 11.0 Å². The number of para-hydroxylation sites is 2. The zero-order valence-electron chi connectivity index (χ0n) is 16.1. The van der Waals surface area contributed by atoms with Crippen LogP contribution >= 0.6 is 11.3 Å². The quantitative estimate of drug-likeness (QED) is 0.438. The number of hydrogen-bond donors (Lipinski definition) is 1. The number of hydrogen-bond acceptors (Lipinski definition) is 7. The van der Waals surface area contributed by atoms with Crippen LogP contribution in [0.15, 0.2) is 47.1 Å². The van der Waals surface area contributed by atoms with Crippen LogP contribution in [0.1, 0.15) is 4.88 Å². The van der Waals surface area contributed by atoms with Crippen LogP contribution in [-0.4, -0.2) is 56.2 Å². The molecule has 10 heteroatoms. The number of rotatable bonds is 5. The minimum Gasteiger partial charge on any atom is -0.370 e. The molecule has 154 valence electrons. The van der Waals surface area contributed by atoms with E-state index in [0.717, 1.165) is 62.1 Å². The molecule has 0 radical (unpaired) electrons. The number of thiophene rings is 1. The molecule has 3 aliphatic rings. The van der Waals surface area contributed by atoms with E-state index in [-0.39, 0.29) is 10.9 Å². The number of carbonyl (C=O) groups is 1. The first-order chi connectivity index (χ1) is 14.6. The number of anilines is 2. The van der Waals surface area contributed by atoms with Crippen molar-refractivity contribution in [2.45, 2.75) is 0 Å². The number of nitro groups is 1. The fourth-order valence-corrected chi connectivity index (χ4v) is 4.75. The number of quaternary nitrogens is 1. The van der Waals surface area contributed by atoms with E-state index in [2.05, 4.69) is 9.89 Å². The highest BCUT2D eigenvalue weighted by atomic mass is 32.1. The first-order valence-corrected chi connectivity index (χ1v) is 10.6. The molecule has 0 aliphatic carbocycles. The molecule has 4 heterocycles. The number of amides is 1. The van der Waals surface area contributed by atoms with Crippen LogP contribution in [-0.2, 0) is 9.53 Å². The van der Waals surface area contributed by atoms with Crippen LogP contribution < -0.4 is 14.7 Å². The fourth-order valence-electron chi connectivity index (χ4n) is 3.99. The zero-order valence-corrected chi connectivity index (χ0v) is 16.9. The molecule has 1 fully saturated rings. The lowest BCUT2D eigenvalue weighted by atomic mass is 10.2.